The fourth-order valence-corrected chi connectivity index (χ4v) is 8.21. The number of carbonyl (C=O) groups is 1. The zero-order valence-corrected chi connectivity index (χ0v) is 26.8. The number of anilines is 2. The van der Waals surface area contributed by atoms with Crippen molar-refractivity contribution >= 4 is 38.6 Å². The van der Waals surface area contributed by atoms with Crippen LogP contribution in [0.25, 0.3) is 10.4 Å². The first-order chi connectivity index (χ1) is 20.8. The molecule has 2 aliphatic heterocycles. The van der Waals surface area contributed by atoms with Gasteiger partial charge in [-0.3, -0.25) is 4.79 Å². The molecule has 2 aromatic heterocycles. The Kier molecular flexibility index (Phi) is 10.3. The predicted octanol–water partition coefficient (Wildman–Crippen LogP) is 6.85. The van der Waals surface area contributed by atoms with Crippen molar-refractivity contribution in [3.8, 4) is 10.4 Å². The first-order valence-corrected chi connectivity index (χ1v) is 17.5. The van der Waals surface area contributed by atoms with Crippen LogP contribution in [0.1, 0.15) is 63.5 Å². The zero-order valence-electron chi connectivity index (χ0n) is 25.2. The lowest BCUT2D eigenvalue weighted by Gasteiger charge is -2.37. The summed E-state index contributed by atoms with van der Waals surface area (Å²) in [5, 5.41) is 0. The largest absolute Gasteiger partial charge is 0.377 e. The van der Waals surface area contributed by atoms with Crippen LogP contribution < -0.4 is 9.80 Å². The van der Waals surface area contributed by atoms with Gasteiger partial charge < -0.3 is 14.5 Å². The molecule has 1 atom stereocenters. The number of Topliss-reactive ketones (excluding diaryl/α,β-unsaturated/α-hetero) is 1. The van der Waals surface area contributed by atoms with E-state index in [-0.39, 0.29) is 31.2 Å². The molecule has 10 heteroatoms. The Morgan fingerprint density at radius 2 is 1.72 bits per heavy atom. The van der Waals surface area contributed by atoms with E-state index in [1.807, 2.05) is 41.3 Å². The lowest BCUT2D eigenvalue weighted by molar-refractivity contribution is 0.0985. The Bertz CT molecular complexity index is 1500. The molecule has 1 aliphatic carbocycles. The van der Waals surface area contributed by atoms with Gasteiger partial charge in [0.15, 0.2) is 5.78 Å². The quantitative estimate of drug-likeness (QED) is 0.278. The molecule has 0 radical (unpaired) electrons. The van der Waals surface area contributed by atoms with Crippen molar-refractivity contribution in [1.82, 2.24) is 9.29 Å². The van der Waals surface area contributed by atoms with Crippen molar-refractivity contribution in [2.24, 2.45) is 0 Å². The first-order valence-electron chi connectivity index (χ1n) is 15.2. The summed E-state index contributed by atoms with van der Waals surface area (Å²) in [6, 6.07) is 15.5. The molecule has 232 valence electrons. The number of hydrogen-bond acceptors (Lipinski definition) is 8. The number of sulfonamides is 1. The van der Waals surface area contributed by atoms with Crippen molar-refractivity contribution in [3.63, 3.8) is 0 Å². The molecule has 3 aromatic rings. The molecule has 0 bridgehead atoms. The Balaban J connectivity index is 0.000000565. The number of thiophene rings is 1. The van der Waals surface area contributed by atoms with E-state index in [2.05, 4.69) is 23.4 Å². The monoisotopic (exact) mass is 624 g/mol. The molecule has 1 aromatic carbocycles. The van der Waals surface area contributed by atoms with Crippen molar-refractivity contribution in [1.29, 1.82) is 0 Å². The van der Waals surface area contributed by atoms with Crippen LogP contribution in [0.5, 0.6) is 0 Å². The first kappa shape index (κ1) is 31.4. The van der Waals surface area contributed by atoms with Gasteiger partial charge in [-0.15, -0.1) is 11.3 Å². The summed E-state index contributed by atoms with van der Waals surface area (Å²) in [6.07, 6.45) is 10.4. The number of hydrogen-bond donors (Lipinski definition) is 0. The maximum atomic E-state index is 13.4. The molecule has 4 heterocycles. The van der Waals surface area contributed by atoms with Crippen molar-refractivity contribution in [3.05, 3.63) is 71.9 Å². The smallest absolute Gasteiger partial charge is 0.245 e. The maximum absolute atomic E-state index is 13.4. The molecule has 3 fully saturated rings. The van der Waals surface area contributed by atoms with Gasteiger partial charge in [0.25, 0.3) is 0 Å². The van der Waals surface area contributed by atoms with Crippen LogP contribution >= 0.6 is 11.3 Å². The number of ketones is 1. The predicted molar refractivity (Wildman–Crippen MR) is 177 cm³/mol. The minimum Gasteiger partial charge on any atom is -0.377 e. The van der Waals surface area contributed by atoms with Crippen molar-refractivity contribution in [2.45, 2.75) is 63.3 Å². The number of ether oxygens (including phenoxy) is 1. The Labute approximate surface area is 261 Å². The van der Waals surface area contributed by atoms with Crippen LogP contribution in [0.15, 0.2) is 71.9 Å². The van der Waals surface area contributed by atoms with Gasteiger partial charge in [-0.05, 0) is 30.7 Å². The minimum atomic E-state index is -3.75. The summed E-state index contributed by atoms with van der Waals surface area (Å²) < 4.78 is 33.8. The number of morpholine rings is 1. The van der Waals surface area contributed by atoms with E-state index in [4.69, 9.17) is 4.74 Å². The van der Waals surface area contributed by atoms with Gasteiger partial charge in [-0.1, -0.05) is 75.4 Å². The number of piperazine rings is 1. The normalized spacial score (nSPS) is 20.0. The summed E-state index contributed by atoms with van der Waals surface area (Å²) in [4.78, 5) is 22.8. The highest BCUT2D eigenvalue weighted by atomic mass is 32.2. The van der Waals surface area contributed by atoms with Gasteiger partial charge in [0.1, 0.15) is 10.7 Å². The number of aromatic nitrogens is 1. The van der Waals surface area contributed by atoms with E-state index in [9.17, 15) is 13.2 Å². The fraction of sp³-hybridized carbons (Fsp3) is 0.455. The highest BCUT2D eigenvalue weighted by molar-refractivity contribution is 7.89. The number of carbonyl (C=O) groups excluding carboxylic acids is 1. The standard InChI is InChI=1S/C27H30N4O4S2.C6H12.H2/c1-19-17-29(37(33,34)23-9-10-26(28-16-23)31-13-14-35-18-20(31)2)11-12-30(19)24-15-25(36-27(24)21(3)32)22-7-5-4-6-8-22;1-2-4-6-5-3-1;/h4-10,15-16,20H,1,11-14,17-18H2,2-3H3;1-6H2;1H/t20-;;/m1../s1. The van der Waals surface area contributed by atoms with Gasteiger partial charge >= 0.3 is 0 Å². The van der Waals surface area contributed by atoms with Crippen LogP contribution in [0.3, 0.4) is 0 Å². The SMILES string of the molecule is C1CCCCC1.C=C1CN(S(=O)(=O)c2ccc(N3CCOC[C@H]3C)nc2)CCN1c1cc(-c2ccccc2)sc1C(C)=O.[HH]. The van der Waals surface area contributed by atoms with E-state index in [0.717, 1.165) is 28.5 Å². The van der Waals surface area contributed by atoms with Gasteiger partial charge in [0.2, 0.25) is 10.0 Å². The molecule has 2 saturated heterocycles. The number of pyridine rings is 1. The van der Waals surface area contributed by atoms with Crippen LogP contribution in [0.2, 0.25) is 0 Å². The van der Waals surface area contributed by atoms with E-state index in [0.29, 0.717) is 30.3 Å². The molecule has 0 spiro atoms. The van der Waals surface area contributed by atoms with Gasteiger partial charge in [0, 0.05) is 44.8 Å². The van der Waals surface area contributed by atoms with Crippen molar-refractivity contribution in [2.75, 3.05) is 49.2 Å². The molecule has 43 heavy (non-hydrogen) atoms. The van der Waals surface area contributed by atoms with Crippen LogP contribution in [-0.2, 0) is 14.8 Å². The topological polar surface area (TPSA) is 83.1 Å². The third kappa shape index (κ3) is 7.37. The second-order valence-corrected chi connectivity index (χ2v) is 14.4. The van der Waals surface area contributed by atoms with Gasteiger partial charge in [-0.25, -0.2) is 13.4 Å². The maximum Gasteiger partial charge on any atom is 0.245 e. The molecule has 8 nitrogen and oxygen atoms in total. The van der Waals surface area contributed by atoms with Crippen LogP contribution in [0, 0.1) is 0 Å². The number of nitrogens with zero attached hydrogens (tertiary/aromatic N) is 4. The molecule has 0 amide bonds. The van der Waals surface area contributed by atoms with E-state index >= 15 is 0 Å². The average Bonchev–Trinajstić information content (AvgIpc) is 3.49. The highest BCUT2D eigenvalue weighted by Crippen LogP contribution is 2.39. The minimum absolute atomic E-state index is 0. The van der Waals surface area contributed by atoms with Gasteiger partial charge in [0.05, 0.1) is 36.4 Å². The lowest BCUT2D eigenvalue weighted by atomic mass is 10.0. The second kappa shape index (κ2) is 14.2. The lowest BCUT2D eigenvalue weighted by Crippen LogP contribution is -2.47. The molecular formula is C33H44N4O4S2. The number of benzene rings is 1. The summed E-state index contributed by atoms with van der Waals surface area (Å²) in [6.45, 7) is 10.6. The average molecular weight is 625 g/mol. The van der Waals surface area contributed by atoms with Gasteiger partial charge in [-0.2, -0.15) is 4.31 Å². The Hall–Kier alpha value is -3.05. The molecular weight excluding hydrogens is 581 g/mol. The molecule has 0 unspecified atom stereocenters. The molecule has 3 aliphatic rings. The summed E-state index contributed by atoms with van der Waals surface area (Å²) in [5.41, 5.74) is 2.45. The number of rotatable bonds is 6. The summed E-state index contributed by atoms with van der Waals surface area (Å²) in [5.74, 6) is 0.721. The third-order valence-electron chi connectivity index (χ3n) is 8.22. The van der Waals surface area contributed by atoms with E-state index in [1.54, 1.807) is 19.1 Å². The Morgan fingerprint density at radius 3 is 2.30 bits per heavy atom. The molecule has 1 saturated carbocycles. The Morgan fingerprint density at radius 1 is 1.02 bits per heavy atom. The van der Waals surface area contributed by atoms with Crippen molar-refractivity contribution < 1.29 is 19.4 Å². The second-order valence-electron chi connectivity index (χ2n) is 11.4. The van der Waals surface area contributed by atoms with Crippen LogP contribution in [-0.4, -0.2) is 68.9 Å². The summed E-state index contributed by atoms with van der Waals surface area (Å²) in [7, 11) is -3.75. The molecule has 6 rings (SSSR count). The molecule has 0 N–H and O–H groups in total. The van der Waals surface area contributed by atoms with E-state index < -0.39 is 10.0 Å². The van der Waals surface area contributed by atoms with Crippen LogP contribution in [0.4, 0.5) is 11.5 Å². The summed E-state index contributed by atoms with van der Waals surface area (Å²) >= 11 is 1.45. The zero-order chi connectivity index (χ0) is 30.4. The third-order valence-corrected chi connectivity index (χ3v) is 11.3. The fourth-order valence-electron chi connectivity index (χ4n) is 5.78. The highest BCUT2D eigenvalue weighted by Gasteiger charge is 2.33. The van der Waals surface area contributed by atoms with E-state index in [1.165, 1.54) is 60.4 Å².